The Morgan fingerprint density at radius 3 is 1.64 bits per heavy atom. The van der Waals surface area contributed by atoms with Gasteiger partial charge in [0.15, 0.2) is 0 Å². The van der Waals surface area contributed by atoms with Gasteiger partial charge >= 0.3 is 0 Å². The van der Waals surface area contributed by atoms with E-state index in [1.807, 2.05) is 12.1 Å². The summed E-state index contributed by atoms with van der Waals surface area (Å²) in [5.74, 6) is 0. The van der Waals surface area contributed by atoms with Gasteiger partial charge in [0.05, 0.1) is 11.1 Å². The molecule has 0 fully saturated rings. The maximum atomic E-state index is 8.80. The molecule has 0 amide bonds. The molecule has 1 aromatic heterocycles. The van der Waals surface area contributed by atoms with Gasteiger partial charge in [-0.2, -0.15) is 10.5 Å². The van der Waals surface area contributed by atoms with Crippen LogP contribution in [-0.4, -0.2) is 9.97 Å². The average molecular weight is 180 g/mol. The van der Waals surface area contributed by atoms with E-state index in [9.17, 15) is 0 Å². The second-order valence-corrected chi connectivity index (χ2v) is 2.64. The molecule has 0 bridgehead atoms. The van der Waals surface area contributed by atoms with Gasteiger partial charge < -0.3 is 0 Å². The lowest BCUT2D eigenvalue weighted by atomic mass is 10.1. The number of hydrogen-bond donors (Lipinski definition) is 0. The molecule has 0 saturated heterocycles. The Kier molecular flexibility index (Phi) is 1.82. The molecule has 1 aromatic carbocycles. The van der Waals surface area contributed by atoms with E-state index in [0.717, 1.165) is 0 Å². The number of benzene rings is 1. The monoisotopic (exact) mass is 180 g/mol. The lowest BCUT2D eigenvalue weighted by Gasteiger charge is -1.98. The smallest absolute Gasteiger partial charge is 0.108 e. The Morgan fingerprint density at radius 1 is 0.857 bits per heavy atom. The summed E-state index contributed by atoms with van der Waals surface area (Å²) in [4.78, 5) is 8.05. The highest BCUT2D eigenvalue weighted by atomic mass is 14.8. The first kappa shape index (κ1) is 8.15. The van der Waals surface area contributed by atoms with E-state index >= 15 is 0 Å². The van der Waals surface area contributed by atoms with Gasteiger partial charge in [-0.3, -0.25) is 9.97 Å². The zero-order chi connectivity index (χ0) is 9.97. The van der Waals surface area contributed by atoms with Crippen LogP contribution >= 0.6 is 0 Å². The van der Waals surface area contributed by atoms with Crippen LogP contribution in [0, 0.1) is 22.7 Å². The Bertz CT molecular complexity index is 522. The number of hydrogen-bond acceptors (Lipinski definition) is 4. The fraction of sp³-hybridized carbons (Fsp3) is 0. The Balaban J connectivity index is 2.96. The molecule has 0 radical (unpaired) electrons. The summed E-state index contributed by atoms with van der Waals surface area (Å²) in [5.41, 5.74) is 1.84. The summed E-state index contributed by atoms with van der Waals surface area (Å²) in [5, 5.41) is 17.6. The third-order valence-electron chi connectivity index (χ3n) is 1.87. The molecule has 64 valence electrons. The van der Waals surface area contributed by atoms with E-state index in [1.54, 1.807) is 12.1 Å². The van der Waals surface area contributed by atoms with Crippen molar-refractivity contribution in [1.82, 2.24) is 9.97 Å². The molecular weight excluding hydrogens is 176 g/mol. The third-order valence-corrected chi connectivity index (χ3v) is 1.87. The molecule has 0 saturated carbocycles. The lowest BCUT2D eigenvalue weighted by molar-refractivity contribution is 1.28. The molecule has 0 aliphatic carbocycles. The number of nitriles is 2. The molecule has 2 rings (SSSR count). The Labute approximate surface area is 80.1 Å². The van der Waals surface area contributed by atoms with Crippen LogP contribution in [0.25, 0.3) is 11.0 Å². The van der Waals surface area contributed by atoms with Gasteiger partial charge in [0.2, 0.25) is 0 Å². The highest BCUT2D eigenvalue weighted by Gasteiger charge is 2.06. The fourth-order valence-corrected chi connectivity index (χ4v) is 1.24. The summed E-state index contributed by atoms with van der Waals surface area (Å²) in [7, 11) is 0. The summed E-state index contributed by atoms with van der Waals surface area (Å²) < 4.78 is 0. The molecule has 0 spiro atoms. The maximum absolute atomic E-state index is 8.80. The van der Waals surface area contributed by atoms with Crippen LogP contribution in [0.5, 0.6) is 0 Å². The fourth-order valence-electron chi connectivity index (χ4n) is 1.24. The number of aromatic nitrogens is 2. The zero-order valence-electron chi connectivity index (χ0n) is 7.10. The number of fused-ring (bicyclic) bond motifs is 1. The van der Waals surface area contributed by atoms with E-state index in [2.05, 4.69) is 9.97 Å². The molecule has 1 heterocycles. The molecule has 14 heavy (non-hydrogen) atoms. The van der Waals surface area contributed by atoms with Gasteiger partial charge in [-0.15, -0.1) is 0 Å². The van der Waals surface area contributed by atoms with Crippen molar-refractivity contribution in [2.75, 3.05) is 0 Å². The van der Waals surface area contributed by atoms with Crippen LogP contribution in [0.1, 0.15) is 11.1 Å². The topological polar surface area (TPSA) is 73.4 Å². The first-order chi connectivity index (χ1) is 6.86. The number of rotatable bonds is 0. The molecule has 0 aliphatic rings. The highest BCUT2D eigenvalue weighted by molar-refractivity contribution is 5.85. The average Bonchev–Trinajstić information content (AvgIpc) is 2.27. The normalized spacial score (nSPS) is 9.29. The Morgan fingerprint density at radius 2 is 1.29 bits per heavy atom. The SMILES string of the molecule is N#Cc1ccc(C#N)c2nccnc12. The predicted molar refractivity (Wildman–Crippen MR) is 49.0 cm³/mol. The highest BCUT2D eigenvalue weighted by Crippen LogP contribution is 2.16. The van der Waals surface area contributed by atoms with Crippen molar-refractivity contribution in [3.63, 3.8) is 0 Å². The van der Waals surface area contributed by atoms with Gasteiger partial charge in [-0.25, -0.2) is 0 Å². The summed E-state index contributed by atoms with van der Waals surface area (Å²) in [6, 6.07) is 7.18. The van der Waals surface area contributed by atoms with Crippen LogP contribution < -0.4 is 0 Å². The standard InChI is InChI=1S/C10H4N4/c11-5-7-1-2-8(6-12)10-9(7)13-3-4-14-10/h1-4H. The van der Waals surface area contributed by atoms with Gasteiger partial charge in [0.25, 0.3) is 0 Å². The van der Waals surface area contributed by atoms with Crippen molar-refractivity contribution >= 4 is 11.0 Å². The summed E-state index contributed by atoms with van der Waals surface area (Å²) in [6.45, 7) is 0. The lowest BCUT2D eigenvalue weighted by Crippen LogP contribution is -1.89. The first-order valence-corrected chi connectivity index (χ1v) is 3.90. The molecule has 0 unspecified atom stereocenters. The molecule has 0 atom stereocenters. The van der Waals surface area contributed by atoms with Crippen LogP contribution in [0.4, 0.5) is 0 Å². The van der Waals surface area contributed by atoms with E-state index in [1.165, 1.54) is 12.4 Å². The van der Waals surface area contributed by atoms with Crippen LogP contribution in [-0.2, 0) is 0 Å². The quantitative estimate of drug-likeness (QED) is 0.613. The minimum Gasteiger partial charge on any atom is -0.252 e. The summed E-state index contributed by atoms with van der Waals surface area (Å²) >= 11 is 0. The molecular formula is C10H4N4. The van der Waals surface area contributed by atoms with Crippen molar-refractivity contribution in [3.05, 3.63) is 35.7 Å². The molecule has 4 nitrogen and oxygen atoms in total. The second-order valence-electron chi connectivity index (χ2n) is 2.64. The zero-order valence-corrected chi connectivity index (χ0v) is 7.10. The predicted octanol–water partition coefficient (Wildman–Crippen LogP) is 1.37. The van der Waals surface area contributed by atoms with Gasteiger partial charge in [0.1, 0.15) is 23.2 Å². The summed E-state index contributed by atoms with van der Waals surface area (Å²) in [6.07, 6.45) is 3.01. The minimum atomic E-state index is 0.437. The molecule has 2 aromatic rings. The third kappa shape index (κ3) is 1.07. The van der Waals surface area contributed by atoms with Crippen LogP contribution in [0.3, 0.4) is 0 Å². The van der Waals surface area contributed by atoms with E-state index in [-0.39, 0.29) is 0 Å². The van der Waals surface area contributed by atoms with E-state index < -0.39 is 0 Å². The second kappa shape index (κ2) is 3.12. The van der Waals surface area contributed by atoms with Gasteiger partial charge in [0, 0.05) is 12.4 Å². The van der Waals surface area contributed by atoms with Crippen LogP contribution in [0.15, 0.2) is 24.5 Å². The Hall–Kier alpha value is -2.46. The van der Waals surface area contributed by atoms with E-state index in [4.69, 9.17) is 10.5 Å². The van der Waals surface area contributed by atoms with E-state index in [0.29, 0.717) is 22.2 Å². The largest absolute Gasteiger partial charge is 0.252 e. The van der Waals surface area contributed by atoms with Crippen molar-refractivity contribution in [3.8, 4) is 12.1 Å². The van der Waals surface area contributed by atoms with Crippen molar-refractivity contribution in [2.45, 2.75) is 0 Å². The minimum absolute atomic E-state index is 0.437. The van der Waals surface area contributed by atoms with Crippen molar-refractivity contribution in [2.24, 2.45) is 0 Å². The van der Waals surface area contributed by atoms with Gasteiger partial charge in [-0.1, -0.05) is 0 Å². The maximum Gasteiger partial charge on any atom is 0.108 e. The number of nitrogens with zero attached hydrogens (tertiary/aromatic N) is 4. The van der Waals surface area contributed by atoms with Gasteiger partial charge in [-0.05, 0) is 12.1 Å². The first-order valence-electron chi connectivity index (χ1n) is 3.90. The molecule has 0 aliphatic heterocycles. The van der Waals surface area contributed by atoms with Crippen LogP contribution in [0.2, 0.25) is 0 Å². The molecule has 4 heteroatoms. The molecule has 0 N–H and O–H groups in total. The van der Waals surface area contributed by atoms with Crippen molar-refractivity contribution in [1.29, 1.82) is 10.5 Å². The van der Waals surface area contributed by atoms with Crippen molar-refractivity contribution < 1.29 is 0 Å².